The largest absolute Gasteiger partial charge is 0.481 e. The van der Waals surface area contributed by atoms with E-state index in [0.717, 1.165) is 5.56 Å². The first kappa shape index (κ1) is 16.0. The highest BCUT2D eigenvalue weighted by Gasteiger charge is 2.21. The average molecular weight is 299 g/mol. The molecule has 0 aliphatic heterocycles. The van der Waals surface area contributed by atoms with Crippen LogP contribution in [0.25, 0.3) is 0 Å². The molecule has 108 valence electrons. The van der Waals surface area contributed by atoms with Crippen molar-refractivity contribution in [3.05, 3.63) is 29.8 Å². The average Bonchev–Trinajstić information content (AvgIpc) is 2.39. The Kier molecular flexibility index (Phi) is 5.99. The summed E-state index contributed by atoms with van der Waals surface area (Å²) in [6, 6.07) is 6.74. The summed E-state index contributed by atoms with van der Waals surface area (Å²) in [4.78, 5) is 25.6. The molecule has 0 aliphatic carbocycles. The third-order valence-electron chi connectivity index (χ3n) is 2.60. The molecule has 1 rings (SSSR count). The maximum Gasteiger partial charge on any atom is 0.307 e. The van der Waals surface area contributed by atoms with Crippen LogP contribution in [0.3, 0.4) is 0 Å². The highest BCUT2D eigenvalue weighted by molar-refractivity contribution is 6.28. The number of rotatable bonds is 7. The van der Waals surface area contributed by atoms with Gasteiger partial charge in [-0.3, -0.25) is 9.59 Å². The van der Waals surface area contributed by atoms with Crippen LogP contribution in [-0.2, 0) is 16.0 Å². The molecule has 0 saturated heterocycles. The van der Waals surface area contributed by atoms with Gasteiger partial charge in [0.2, 0.25) is 0 Å². The quantitative estimate of drug-likeness (QED) is 0.402. The number of alkyl halides is 1. The minimum atomic E-state index is -1.13. The van der Waals surface area contributed by atoms with Crippen LogP contribution in [0.1, 0.15) is 12.0 Å². The molecule has 4 N–H and O–H groups in total. The van der Waals surface area contributed by atoms with Crippen molar-refractivity contribution in [3.8, 4) is 0 Å². The first-order valence-electron chi connectivity index (χ1n) is 5.85. The molecule has 1 aromatic carbocycles. The zero-order valence-corrected chi connectivity index (χ0v) is 11.4. The lowest BCUT2D eigenvalue weighted by Gasteiger charge is -2.09. The highest BCUT2D eigenvalue weighted by Crippen LogP contribution is 2.17. The second kappa shape index (κ2) is 7.49. The summed E-state index contributed by atoms with van der Waals surface area (Å²) in [6.07, 6.45) is -0.259. The monoisotopic (exact) mass is 298 g/mol. The topological polar surface area (TPSA) is 113 Å². The number of benzene rings is 1. The standard InChI is InChI=1S/C13H15ClN2O4/c14-7-11(15)16-10-3-1-8(2-4-10)5-9(13(19)20)6-12(17)18/h1-4,9H,5-7H2,(H2,15,16)(H,17,18)(H,19,20). The summed E-state index contributed by atoms with van der Waals surface area (Å²) >= 11 is 5.51. The van der Waals surface area contributed by atoms with E-state index in [4.69, 9.17) is 27.5 Å². The van der Waals surface area contributed by atoms with Crippen molar-refractivity contribution in [2.24, 2.45) is 16.6 Å². The number of hydrogen-bond acceptors (Lipinski definition) is 3. The molecule has 7 heteroatoms. The van der Waals surface area contributed by atoms with Crippen LogP contribution in [0.4, 0.5) is 5.69 Å². The lowest BCUT2D eigenvalue weighted by Crippen LogP contribution is -2.20. The normalized spacial score (nSPS) is 12.9. The maximum absolute atomic E-state index is 11.0. The molecule has 0 saturated carbocycles. The van der Waals surface area contributed by atoms with Crippen LogP contribution >= 0.6 is 11.6 Å². The van der Waals surface area contributed by atoms with Crippen LogP contribution in [0.15, 0.2) is 29.3 Å². The van der Waals surface area contributed by atoms with E-state index in [2.05, 4.69) is 4.99 Å². The molecule has 0 fully saturated rings. The third kappa shape index (κ3) is 5.27. The van der Waals surface area contributed by atoms with E-state index in [1.807, 2.05) is 0 Å². The number of amidine groups is 1. The van der Waals surface area contributed by atoms with Gasteiger partial charge >= 0.3 is 11.9 Å². The van der Waals surface area contributed by atoms with E-state index in [0.29, 0.717) is 5.69 Å². The number of aliphatic carboxylic acids is 2. The van der Waals surface area contributed by atoms with Gasteiger partial charge in [-0.2, -0.15) is 0 Å². The number of halogens is 1. The van der Waals surface area contributed by atoms with Gasteiger partial charge < -0.3 is 15.9 Å². The van der Waals surface area contributed by atoms with Crippen LogP contribution in [0.5, 0.6) is 0 Å². The number of carboxylic acids is 2. The van der Waals surface area contributed by atoms with Gasteiger partial charge in [0, 0.05) is 0 Å². The van der Waals surface area contributed by atoms with Crippen molar-refractivity contribution in [1.29, 1.82) is 0 Å². The van der Waals surface area contributed by atoms with Gasteiger partial charge in [-0.05, 0) is 24.1 Å². The summed E-state index contributed by atoms with van der Waals surface area (Å²) in [7, 11) is 0. The number of aliphatic imine (C=N–C) groups is 1. The van der Waals surface area contributed by atoms with Crippen molar-refractivity contribution in [2.75, 3.05) is 5.88 Å². The first-order valence-corrected chi connectivity index (χ1v) is 6.38. The molecule has 0 heterocycles. The van der Waals surface area contributed by atoms with E-state index >= 15 is 0 Å². The van der Waals surface area contributed by atoms with Crippen molar-refractivity contribution < 1.29 is 19.8 Å². The van der Waals surface area contributed by atoms with E-state index in [1.165, 1.54) is 0 Å². The molecule has 0 spiro atoms. The highest BCUT2D eigenvalue weighted by atomic mass is 35.5. The van der Waals surface area contributed by atoms with Gasteiger partial charge in [0.1, 0.15) is 5.84 Å². The minimum Gasteiger partial charge on any atom is -0.481 e. The van der Waals surface area contributed by atoms with Gasteiger partial charge in [0.15, 0.2) is 0 Å². The fourth-order valence-corrected chi connectivity index (χ4v) is 1.70. The van der Waals surface area contributed by atoms with Crippen molar-refractivity contribution in [1.82, 2.24) is 0 Å². The summed E-state index contributed by atoms with van der Waals surface area (Å²) in [5.74, 6) is -2.79. The lowest BCUT2D eigenvalue weighted by molar-refractivity contribution is -0.148. The lowest BCUT2D eigenvalue weighted by atomic mass is 9.96. The summed E-state index contributed by atoms with van der Waals surface area (Å²) in [5.41, 5.74) is 6.83. The van der Waals surface area contributed by atoms with Crippen LogP contribution in [0, 0.1) is 5.92 Å². The molecule has 0 amide bonds. The summed E-state index contributed by atoms with van der Waals surface area (Å²) in [6.45, 7) is 0. The number of carbonyl (C=O) groups is 2. The molecule has 0 radical (unpaired) electrons. The molecule has 1 unspecified atom stereocenters. The van der Waals surface area contributed by atoms with Gasteiger partial charge in [0.25, 0.3) is 0 Å². The van der Waals surface area contributed by atoms with E-state index in [9.17, 15) is 9.59 Å². The molecule has 1 aromatic rings. The number of nitrogens with two attached hydrogens (primary N) is 1. The van der Waals surface area contributed by atoms with Gasteiger partial charge in [-0.15, -0.1) is 11.6 Å². The van der Waals surface area contributed by atoms with E-state index < -0.39 is 24.3 Å². The molecular formula is C13H15ClN2O4. The molecular weight excluding hydrogens is 284 g/mol. The summed E-state index contributed by atoms with van der Waals surface area (Å²) in [5, 5.41) is 17.6. The van der Waals surface area contributed by atoms with Crippen LogP contribution in [0.2, 0.25) is 0 Å². The van der Waals surface area contributed by atoms with Crippen molar-refractivity contribution in [2.45, 2.75) is 12.8 Å². The van der Waals surface area contributed by atoms with Crippen LogP contribution in [-0.4, -0.2) is 33.9 Å². The molecule has 0 aliphatic rings. The Morgan fingerprint density at radius 1 is 1.25 bits per heavy atom. The molecule has 0 bridgehead atoms. The molecule has 20 heavy (non-hydrogen) atoms. The summed E-state index contributed by atoms with van der Waals surface area (Å²) < 4.78 is 0. The number of carboxylic acid groups (broad SMARTS) is 2. The molecule has 1 atom stereocenters. The Hall–Kier alpha value is -2.08. The SMILES string of the molecule is NC(CCl)=Nc1ccc(CC(CC(=O)O)C(=O)O)cc1. The zero-order valence-electron chi connectivity index (χ0n) is 10.6. The predicted molar refractivity (Wildman–Crippen MR) is 75.5 cm³/mol. The van der Waals surface area contributed by atoms with Crippen molar-refractivity contribution in [3.63, 3.8) is 0 Å². The number of hydrogen-bond donors (Lipinski definition) is 3. The maximum atomic E-state index is 11.0. The Balaban J connectivity index is 2.77. The number of nitrogens with zero attached hydrogens (tertiary/aromatic N) is 1. The Labute approximate surface area is 120 Å². The van der Waals surface area contributed by atoms with E-state index in [-0.39, 0.29) is 18.1 Å². The van der Waals surface area contributed by atoms with E-state index in [1.54, 1.807) is 24.3 Å². The van der Waals surface area contributed by atoms with Gasteiger partial charge in [-0.25, -0.2) is 4.99 Å². The predicted octanol–water partition coefficient (Wildman–Crippen LogP) is 1.63. The molecule has 6 nitrogen and oxygen atoms in total. The minimum absolute atomic E-state index is 0.126. The van der Waals surface area contributed by atoms with Crippen molar-refractivity contribution >= 4 is 35.1 Å². The Bertz CT molecular complexity index is 514. The fourth-order valence-electron chi connectivity index (χ4n) is 1.64. The fraction of sp³-hybridized carbons (Fsp3) is 0.308. The zero-order chi connectivity index (χ0) is 15.1. The van der Waals surface area contributed by atoms with Crippen LogP contribution < -0.4 is 5.73 Å². The van der Waals surface area contributed by atoms with Gasteiger partial charge in [0.05, 0.1) is 23.9 Å². The third-order valence-corrected chi connectivity index (χ3v) is 2.87. The smallest absolute Gasteiger partial charge is 0.307 e. The second-order valence-corrected chi connectivity index (χ2v) is 4.51. The Morgan fingerprint density at radius 3 is 2.30 bits per heavy atom. The first-order chi connectivity index (χ1) is 9.42. The Morgan fingerprint density at radius 2 is 1.85 bits per heavy atom. The molecule has 0 aromatic heterocycles. The van der Waals surface area contributed by atoms with Gasteiger partial charge in [-0.1, -0.05) is 12.1 Å². The second-order valence-electron chi connectivity index (χ2n) is 4.24.